The number of ether oxygens (including phenoxy) is 2. The second-order valence-corrected chi connectivity index (χ2v) is 6.62. The maximum Gasteiger partial charge on any atom is 0.179 e. The molecule has 1 aliphatic heterocycles. The van der Waals surface area contributed by atoms with Gasteiger partial charge in [0.05, 0.1) is 18.7 Å². The van der Waals surface area contributed by atoms with Crippen LogP contribution in [0.5, 0.6) is 11.5 Å². The van der Waals surface area contributed by atoms with Crippen molar-refractivity contribution >= 4 is 11.6 Å². The SMILES string of the molecule is COc1c(Cl)cc(CC2CCCCN2)cc1OCC1CC1. The number of halogens is 1. The first-order valence-electron chi connectivity index (χ1n) is 7.99. The summed E-state index contributed by atoms with van der Waals surface area (Å²) in [5, 5.41) is 4.23. The summed E-state index contributed by atoms with van der Waals surface area (Å²) < 4.78 is 11.3. The molecule has 116 valence electrons. The summed E-state index contributed by atoms with van der Waals surface area (Å²) in [5.41, 5.74) is 1.23. The van der Waals surface area contributed by atoms with Crippen molar-refractivity contribution in [2.45, 2.75) is 44.6 Å². The summed E-state index contributed by atoms with van der Waals surface area (Å²) in [6.45, 7) is 1.90. The molecule has 1 N–H and O–H groups in total. The van der Waals surface area contributed by atoms with E-state index in [1.54, 1.807) is 7.11 Å². The Morgan fingerprint density at radius 3 is 2.76 bits per heavy atom. The van der Waals surface area contributed by atoms with Crippen LogP contribution in [0.1, 0.15) is 37.7 Å². The van der Waals surface area contributed by atoms with E-state index in [1.165, 1.54) is 37.7 Å². The highest BCUT2D eigenvalue weighted by Crippen LogP contribution is 2.38. The predicted molar refractivity (Wildman–Crippen MR) is 85.6 cm³/mol. The van der Waals surface area contributed by atoms with E-state index in [-0.39, 0.29) is 0 Å². The van der Waals surface area contributed by atoms with Crippen LogP contribution in [-0.4, -0.2) is 26.3 Å². The number of piperidine rings is 1. The minimum Gasteiger partial charge on any atom is -0.491 e. The van der Waals surface area contributed by atoms with Gasteiger partial charge in [-0.2, -0.15) is 0 Å². The molecular weight excluding hydrogens is 286 g/mol. The van der Waals surface area contributed by atoms with E-state index in [0.29, 0.717) is 16.8 Å². The normalized spacial score (nSPS) is 22.1. The molecule has 2 fully saturated rings. The van der Waals surface area contributed by atoms with Crippen LogP contribution in [0.15, 0.2) is 12.1 Å². The van der Waals surface area contributed by atoms with Crippen molar-refractivity contribution in [1.29, 1.82) is 0 Å². The Morgan fingerprint density at radius 2 is 2.10 bits per heavy atom. The fourth-order valence-corrected chi connectivity index (χ4v) is 3.23. The Kier molecular flexibility index (Phi) is 4.91. The van der Waals surface area contributed by atoms with Gasteiger partial charge in [-0.25, -0.2) is 0 Å². The number of hydrogen-bond donors (Lipinski definition) is 1. The summed E-state index contributed by atoms with van der Waals surface area (Å²) in [6, 6.07) is 4.67. The molecule has 3 rings (SSSR count). The fraction of sp³-hybridized carbons (Fsp3) is 0.647. The minimum atomic E-state index is 0.555. The third-order valence-electron chi connectivity index (χ3n) is 4.34. The zero-order chi connectivity index (χ0) is 14.7. The molecule has 1 saturated heterocycles. The Labute approximate surface area is 132 Å². The van der Waals surface area contributed by atoms with E-state index in [0.717, 1.165) is 31.2 Å². The third kappa shape index (κ3) is 4.04. The summed E-state index contributed by atoms with van der Waals surface area (Å²) in [6.07, 6.45) is 7.40. The van der Waals surface area contributed by atoms with E-state index < -0.39 is 0 Å². The van der Waals surface area contributed by atoms with E-state index in [4.69, 9.17) is 21.1 Å². The molecule has 3 nitrogen and oxygen atoms in total. The summed E-state index contributed by atoms with van der Waals surface area (Å²) >= 11 is 6.36. The van der Waals surface area contributed by atoms with Crippen LogP contribution in [0.2, 0.25) is 5.02 Å². The zero-order valence-electron chi connectivity index (χ0n) is 12.7. The van der Waals surface area contributed by atoms with Gasteiger partial charge < -0.3 is 14.8 Å². The van der Waals surface area contributed by atoms with Gasteiger partial charge in [0.1, 0.15) is 0 Å². The number of nitrogens with one attached hydrogen (secondary N) is 1. The molecule has 1 unspecified atom stereocenters. The summed E-state index contributed by atoms with van der Waals surface area (Å²) in [7, 11) is 1.65. The predicted octanol–water partition coefficient (Wildman–Crippen LogP) is 3.82. The van der Waals surface area contributed by atoms with Crippen molar-refractivity contribution < 1.29 is 9.47 Å². The van der Waals surface area contributed by atoms with Gasteiger partial charge >= 0.3 is 0 Å². The standard InChI is InChI=1S/C17H24ClNO2/c1-20-17-15(18)9-13(8-14-4-2-3-7-19-14)10-16(17)21-11-12-5-6-12/h9-10,12,14,19H,2-8,11H2,1H3. The Morgan fingerprint density at radius 1 is 1.24 bits per heavy atom. The molecule has 1 aliphatic carbocycles. The molecule has 0 spiro atoms. The zero-order valence-corrected chi connectivity index (χ0v) is 13.4. The molecule has 1 atom stereocenters. The molecule has 21 heavy (non-hydrogen) atoms. The van der Waals surface area contributed by atoms with Gasteiger partial charge in [-0.05, 0) is 62.3 Å². The van der Waals surface area contributed by atoms with Gasteiger partial charge in [-0.3, -0.25) is 0 Å². The molecule has 0 radical (unpaired) electrons. The third-order valence-corrected chi connectivity index (χ3v) is 4.62. The van der Waals surface area contributed by atoms with Gasteiger partial charge in [0.2, 0.25) is 0 Å². The summed E-state index contributed by atoms with van der Waals surface area (Å²) in [4.78, 5) is 0. The molecule has 0 aromatic heterocycles. The first kappa shape index (κ1) is 15.0. The quantitative estimate of drug-likeness (QED) is 0.866. The molecule has 2 aliphatic rings. The Bertz CT molecular complexity index is 482. The van der Waals surface area contributed by atoms with Crippen LogP contribution in [-0.2, 0) is 6.42 Å². The lowest BCUT2D eigenvalue weighted by molar-refractivity contribution is 0.280. The van der Waals surface area contributed by atoms with Crippen molar-refractivity contribution in [1.82, 2.24) is 5.32 Å². The van der Waals surface area contributed by atoms with E-state index in [9.17, 15) is 0 Å². The van der Waals surface area contributed by atoms with Gasteiger partial charge in [0, 0.05) is 6.04 Å². The van der Waals surface area contributed by atoms with Crippen molar-refractivity contribution in [2.75, 3.05) is 20.3 Å². The second kappa shape index (κ2) is 6.89. The largest absolute Gasteiger partial charge is 0.491 e. The van der Waals surface area contributed by atoms with Crippen LogP contribution in [0.4, 0.5) is 0 Å². The van der Waals surface area contributed by atoms with Crippen molar-refractivity contribution in [3.05, 3.63) is 22.7 Å². The Hall–Kier alpha value is -0.930. The van der Waals surface area contributed by atoms with Crippen LogP contribution < -0.4 is 14.8 Å². The number of rotatable bonds is 6. The lowest BCUT2D eigenvalue weighted by Gasteiger charge is -2.24. The van der Waals surface area contributed by atoms with E-state index >= 15 is 0 Å². The highest BCUT2D eigenvalue weighted by Gasteiger charge is 2.23. The lowest BCUT2D eigenvalue weighted by Crippen LogP contribution is -2.35. The van der Waals surface area contributed by atoms with E-state index in [2.05, 4.69) is 11.4 Å². The van der Waals surface area contributed by atoms with Crippen LogP contribution >= 0.6 is 11.6 Å². The molecule has 1 aromatic carbocycles. The number of benzene rings is 1. The maximum atomic E-state index is 6.36. The van der Waals surface area contributed by atoms with Gasteiger partial charge in [0.25, 0.3) is 0 Å². The maximum absolute atomic E-state index is 6.36. The van der Waals surface area contributed by atoms with Crippen molar-refractivity contribution in [3.63, 3.8) is 0 Å². The second-order valence-electron chi connectivity index (χ2n) is 6.21. The summed E-state index contributed by atoms with van der Waals surface area (Å²) in [5.74, 6) is 2.18. The van der Waals surface area contributed by atoms with Crippen molar-refractivity contribution in [3.8, 4) is 11.5 Å². The minimum absolute atomic E-state index is 0.555. The fourth-order valence-electron chi connectivity index (χ4n) is 2.92. The molecule has 1 heterocycles. The molecule has 0 amide bonds. The van der Waals surface area contributed by atoms with Gasteiger partial charge in [-0.15, -0.1) is 0 Å². The van der Waals surface area contributed by atoms with Crippen LogP contribution in [0.25, 0.3) is 0 Å². The molecule has 0 bridgehead atoms. The van der Waals surface area contributed by atoms with E-state index in [1.807, 2.05) is 6.07 Å². The monoisotopic (exact) mass is 309 g/mol. The first-order valence-corrected chi connectivity index (χ1v) is 8.36. The topological polar surface area (TPSA) is 30.5 Å². The van der Waals surface area contributed by atoms with Gasteiger partial charge in [0.15, 0.2) is 11.5 Å². The van der Waals surface area contributed by atoms with Crippen molar-refractivity contribution in [2.24, 2.45) is 5.92 Å². The molecule has 1 aromatic rings. The van der Waals surface area contributed by atoms with Crippen LogP contribution in [0, 0.1) is 5.92 Å². The average Bonchev–Trinajstić information content (AvgIpc) is 3.30. The number of methoxy groups -OCH3 is 1. The molecule has 1 saturated carbocycles. The molecular formula is C17H24ClNO2. The highest BCUT2D eigenvalue weighted by atomic mass is 35.5. The smallest absolute Gasteiger partial charge is 0.179 e. The first-order chi connectivity index (χ1) is 10.3. The van der Waals surface area contributed by atoms with Gasteiger partial charge in [-0.1, -0.05) is 18.0 Å². The average molecular weight is 310 g/mol. The number of hydrogen-bond acceptors (Lipinski definition) is 3. The lowest BCUT2D eigenvalue weighted by atomic mass is 9.97. The van der Waals surface area contributed by atoms with Crippen LogP contribution in [0.3, 0.4) is 0 Å². The Balaban J connectivity index is 1.72. The highest BCUT2D eigenvalue weighted by molar-refractivity contribution is 6.32. The molecule has 4 heteroatoms.